The van der Waals surface area contributed by atoms with Gasteiger partial charge in [-0.25, -0.2) is 0 Å². The van der Waals surface area contributed by atoms with Gasteiger partial charge >= 0.3 is 0 Å². The molecule has 5 heteroatoms. The van der Waals surface area contributed by atoms with Crippen molar-refractivity contribution in [3.8, 4) is 0 Å². The van der Waals surface area contributed by atoms with E-state index >= 15 is 0 Å². The van der Waals surface area contributed by atoms with Crippen LogP contribution in [0.4, 0.5) is 0 Å². The number of aliphatic hydroxyl groups is 1. The van der Waals surface area contributed by atoms with Crippen LogP contribution in [0.3, 0.4) is 0 Å². The minimum absolute atomic E-state index is 0.176. The maximum absolute atomic E-state index is 11.6. The Bertz CT molecular complexity index is 409. The first-order valence-corrected chi connectivity index (χ1v) is 13.1. The highest BCUT2D eigenvalue weighted by molar-refractivity contribution is 7.86. The Kier molecular flexibility index (Phi) is 17.8. The second-order valence-corrected chi connectivity index (χ2v) is 9.86. The molecule has 0 aliphatic rings. The van der Waals surface area contributed by atoms with E-state index in [0.717, 1.165) is 57.8 Å². The summed E-state index contributed by atoms with van der Waals surface area (Å²) in [7, 11) is -3.92. The highest BCUT2D eigenvalue weighted by Gasteiger charge is 2.21. The first kappa shape index (κ1) is 26.9. The molecule has 0 aliphatic carbocycles. The molecule has 0 rings (SSSR count). The van der Waals surface area contributed by atoms with Crippen molar-refractivity contribution in [2.45, 2.75) is 141 Å². The maximum Gasteiger partial charge on any atom is 0.267 e. The molecule has 0 bridgehead atoms. The second-order valence-electron chi connectivity index (χ2n) is 8.16. The van der Waals surface area contributed by atoms with Gasteiger partial charge in [-0.2, -0.15) is 8.42 Å². The van der Waals surface area contributed by atoms with Crippen molar-refractivity contribution in [1.29, 1.82) is 0 Å². The normalized spacial score (nSPS) is 14.4. The summed E-state index contributed by atoms with van der Waals surface area (Å²) in [5, 5.41) is 8.93. The van der Waals surface area contributed by atoms with Gasteiger partial charge in [-0.15, -0.1) is 0 Å². The van der Waals surface area contributed by atoms with Crippen LogP contribution in [0, 0.1) is 0 Å². The topological polar surface area (TPSA) is 74.6 Å². The van der Waals surface area contributed by atoms with Crippen LogP contribution in [0.5, 0.6) is 0 Å². The van der Waals surface area contributed by atoms with Gasteiger partial charge in [0.2, 0.25) is 0 Å². The van der Waals surface area contributed by atoms with Crippen molar-refractivity contribution in [3.63, 3.8) is 0 Å². The minimum Gasteiger partial charge on any atom is -0.393 e. The van der Waals surface area contributed by atoms with E-state index in [-0.39, 0.29) is 6.10 Å². The third kappa shape index (κ3) is 17.7. The predicted octanol–water partition coefficient (Wildman–Crippen LogP) is 6.67. The van der Waals surface area contributed by atoms with Crippen LogP contribution in [0.2, 0.25) is 0 Å². The lowest BCUT2D eigenvalue weighted by molar-refractivity contribution is 0.156. The Morgan fingerprint density at radius 1 is 0.630 bits per heavy atom. The monoisotopic (exact) mass is 406 g/mol. The Labute approximate surface area is 169 Å². The fraction of sp³-hybridized carbons (Fsp3) is 1.00. The molecule has 2 unspecified atom stereocenters. The Balaban J connectivity index is 3.72. The third-order valence-electron chi connectivity index (χ3n) is 5.59. The van der Waals surface area contributed by atoms with Crippen LogP contribution < -0.4 is 0 Å². The number of hydrogen-bond donors (Lipinski definition) is 2. The molecule has 0 heterocycles. The fourth-order valence-electron chi connectivity index (χ4n) is 3.61. The number of hydrogen-bond acceptors (Lipinski definition) is 3. The first-order valence-electron chi connectivity index (χ1n) is 11.6. The van der Waals surface area contributed by atoms with Crippen molar-refractivity contribution in [2.75, 3.05) is 0 Å². The van der Waals surface area contributed by atoms with Crippen LogP contribution in [0.1, 0.15) is 129 Å². The zero-order valence-corrected chi connectivity index (χ0v) is 18.8. The Hall–Kier alpha value is -0.130. The van der Waals surface area contributed by atoms with Crippen LogP contribution in [0.15, 0.2) is 0 Å². The Morgan fingerprint density at radius 3 is 1.37 bits per heavy atom. The van der Waals surface area contributed by atoms with Gasteiger partial charge in [0, 0.05) is 0 Å². The molecule has 0 fully saturated rings. The molecule has 2 N–H and O–H groups in total. The number of unbranched alkanes of at least 4 members (excludes halogenated alkanes) is 12. The van der Waals surface area contributed by atoms with E-state index in [1.54, 1.807) is 0 Å². The van der Waals surface area contributed by atoms with E-state index in [1.807, 2.05) is 6.92 Å². The van der Waals surface area contributed by atoms with Gasteiger partial charge in [0.05, 0.1) is 11.4 Å². The van der Waals surface area contributed by atoms with E-state index in [4.69, 9.17) is 0 Å². The number of aliphatic hydroxyl groups excluding tert-OH is 1. The zero-order valence-electron chi connectivity index (χ0n) is 18.0. The van der Waals surface area contributed by atoms with E-state index in [9.17, 15) is 18.1 Å². The second kappa shape index (κ2) is 17.9. The smallest absolute Gasteiger partial charge is 0.267 e. The van der Waals surface area contributed by atoms with Gasteiger partial charge in [-0.05, 0) is 25.7 Å². The summed E-state index contributed by atoms with van der Waals surface area (Å²) in [6.45, 7) is 4.22. The summed E-state index contributed by atoms with van der Waals surface area (Å²) in [6, 6.07) is 0. The molecule has 164 valence electrons. The van der Waals surface area contributed by atoms with Crippen LogP contribution in [-0.2, 0) is 10.1 Å². The molecule has 0 saturated heterocycles. The van der Waals surface area contributed by atoms with Crippen molar-refractivity contribution in [1.82, 2.24) is 0 Å². The van der Waals surface area contributed by atoms with E-state index in [0.29, 0.717) is 12.8 Å². The van der Waals surface area contributed by atoms with E-state index in [2.05, 4.69) is 6.92 Å². The highest BCUT2D eigenvalue weighted by atomic mass is 32.2. The first-order chi connectivity index (χ1) is 12.9. The summed E-state index contributed by atoms with van der Waals surface area (Å²) in [5.74, 6) is 0. The van der Waals surface area contributed by atoms with Gasteiger partial charge < -0.3 is 5.11 Å². The van der Waals surface area contributed by atoms with Crippen LogP contribution in [-0.4, -0.2) is 29.4 Å². The molecule has 0 aliphatic heterocycles. The molecule has 0 aromatic rings. The van der Waals surface area contributed by atoms with Crippen molar-refractivity contribution >= 4 is 10.1 Å². The zero-order chi connectivity index (χ0) is 20.4. The molecule has 0 aromatic heterocycles. The lowest BCUT2D eigenvalue weighted by Crippen LogP contribution is -2.20. The summed E-state index contributed by atoms with van der Waals surface area (Å²) < 4.78 is 32.7. The largest absolute Gasteiger partial charge is 0.393 e. The molecule has 0 aromatic carbocycles. The van der Waals surface area contributed by atoms with E-state index in [1.165, 1.54) is 44.9 Å². The van der Waals surface area contributed by atoms with Crippen LogP contribution in [0.25, 0.3) is 0 Å². The molecule has 0 radical (unpaired) electrons. The summed E-state index contributed by atoms with van der Waals surface area (Å²) >= 11 is 0. The van der Waals surface area contributed by atoms with Crippen molar-refractivity contribution in [2.24, 2.45) is 0 Å². The lowest BCUT2D eigenvalue weighted by Gasteiger charge is -2.14. The minimum atomic E-state index is -3.92. The molecule has 27 heavy (non-hydrogen) atoms. The molecule has 4 nitrogen and oxygen atoms in total. The maximum atomic E-state index is 11.6. The quantitative estimate of drug-likeness (QED) is 0.175. The molecule has 0 saturated carbocycles. The van der Waals surface area contributed by atoms with Gasteiger partial charge in [-0.1, -0.05) is 104 Å². The molecular formula is C22H46O4S. The van der Waals surface area contributed by atoms with Gasteiger partial charge in [0.15, 0.2) is 0 Å². The van der Waals surface area contributed by atoms with Gasteiger partial charge in [0.1, 0.15) is 0 Å². The van der Waals surface area contributed by atoms with Gasteiger partial charge in [0.25, 0.3) is 10.1 Å². The van der Waals surface area contributed by atoms with Gasteiger partial charge in [-0.3, -0.25) is 4.55 Å². The average Bonchev–Trinajstić information content (AvgIpc) is 2.62. The predicted molar refractivity (Wildman–Crippen MR) is 116 cm³/mol. The molecular weight excluding hydrogens is 360 g/mol. The Morgan fingerprint density at radius 2 is 1.00 bits per heavy atom. The van der Waals surface area contributed by atoms with Crippen molar-refractivity contribution < 1.29 is 18.1 Å². The van der Waals surface area contributed by atoms with Crippen LogP contribution >= 0.6 is 0 Å². The highest BCUT2D eigenvalue weighted by Crippen LogP contribution is 2.19. The fourth-order valence-corrected chi connectivity index (χ4v) is 4.54. The summed E-state index contributed by atoms with van der Waals surface area (Å²) in [5.41, 5.74) is 0. The SMILES string of the molecule is CCCCCCCCCCCC(CCCCCCCC(O)CC)S(=O)(=O)O. The summed E-state index contributed by atoms with van der Waals surface area (Å²) in [6.07, 6.45) is 18.7. The van der Waals surface area contributed by atoms with Crippen molar-refractivity contribution in [3.05, 3.63) is 0 Å². The average molecular weight is 407 g/mol. The summed E-state index contributed by atoms with van der Waals surface area (Å²) in [4.78, 5) is 0. The third-order valence-corrected chi connectivity index (χ3v) is 6.90. The molecule has 2 atom stereocenters. The van der Waals surface area contributed by atoms with E-state index < -0.39 is 15.4 Å². The molecule has 0 spiro atoms. The lowest BCUT2D eigenvalue weighted by atomic mass is 10.0. The molecule has 0 amide bonds. The number of rotatable bonds is 20. The standard InChI is InChI=1S/C22H46O4S/c1-3-5-6-7-8-9-10-13-16-19-22(27(24,25)26)20-17-14-11-12-15-18-21(23)4-2/h21-23H,3-20H2,1-2H3,(H,24,25,26).